The van der Waals surface area contributed by atoms with Crippen LogP contribution in [0.4, 0.5) is 11.4 Å². The Labute approximate surface area is 152 Å². The van der Waals surface area contributed by atoms with Gasteiger partial charge in [-0.05, 0) is 55.4 Å². The predicted octanol–water partition coefficient (Wildman–Crippen LogP) is 3.76. The second-order valence-corrected chi connectivity index (χ2v) is 6.69. The number of anilines is 1. The molecule has 0 saturated heterocycles. The quantitative estimate of drug-likeness (QED) is 0.612. The van der Waals surface area contributed by atoms with Crippen LogP contribution in [0.15, 0.2) is 42.5 Å². The van der Waals surface area contributed by atoms with Crippen LogP contribution in [0.25, 0.3) is 0 Å². The van der Waals surface area contributed by atoms with Crippen molar-refractivity contribution >= 4 is 17.3 Å². The molecule has 0 spiro atoms. The Morgan fingerprint density at radius 2 is 1.92 bits per heavy atom. The van der Waals surface area contributed by atoms with Gasteiger partial charge in [0.2, 0.25) is 5.91 Å². The zero-order valence-electron chi connectivity index (χ0n) is 14.8. The average molecular weight is 353 g/mol. The van der Waals surface area contributed by atoms with Crippen molar-refractivity contribution in [3.05, 3.63) is 69.3 Å². The summed E-state index contributed by atoms with van der Waals surface area (Å²) in [5.41, 5.74) is 4.47. The molecule has 26 heavy (non-hydrogen) atoms. The number of amides is 1. The van der Waals surface area contributed by atoms with Crippen molar-refractivity contribution in [3.8, 4) is 0 Å². The largest absolute Gasteiger partial charge is 0.376 e. The minimum Gasteiger partial charge on any atom is -0.376 e. The van der Waals surface area contributed by atoms with Gasteiger partial charge in [-0.25, -0.2) is 0 Å². The van der Waals surface area contributed by atoms with Gasteiger partial charge in [0.25, 0.3) is 5.69 Å². The van der Waals surface area contributed by atoms with Crippen LogP contribution in [0.3, 0.4) is 0 Å². The number of non-ortho nitro benzene ring substituents is 1. The number of aryl methyl sites for hydroxylation is 2. The van der Waals surface area contributed by atoms with Gasteiger partial charge in [0, 0.05) is 17.8 Å². The number of carbonyl (C=O) groups excluding carboxylic acids is 1. The molecular weight excluding hydrogens is 330 g/mol. The highest BCUT2D eigenvalue weighted by Gasteiger charge is 2.14. The van der Waals surface area contributed by atoms with Gasteiger partial charge in [-0.15, -0.1) is 0 Å². The van der Waals surface area contributed by atoms with Crippen molar-refractivity contribution in [2.24, 2.45) is 0 Å². The zero-order chi connectivity index (χ0) is 18.5. The van der Waals surface area contributed by atoms with E-state index < -0.39 is 4.92 Å². The molecule has 0 bridgehead atoms. The van der Waals surface area contributed by atoms with Crippen LogP contribution in [0.1, 0.15) is 42.5 Å². The smallest absolute Gasteiger partial charge is 0.271 e. The first-order valence-corrected chi connectivity index (χ1v) is 8.92. The lowest BCUT2D eigenvalue weighted by Gasteiger charge is -2.20. The van der Waals surface area contributed by atoms with E-state index >= 15 is 0 Å². The molecule has 136 valence electrons. The van der Waals surface area contributed by atoms with Gasteiger partial charge >= 0.3 is 0 Å². The van der Waals surface area contributed by atoms with Gasteiger partial charge in [0.1, 0.15) is 0 Å². The van der Waals surface area contributed by atoms with Crippen molar-refractivity contribution in [3.63, 3.8) is 0 Å². The molecule has 2 aromatic rings. The molecule has 3 rings (SSSR count). The fourth-order valence-electron chi connectivity index (χ4n) is 3.31. The zero-order valence-corrected chi connectivity index (χ0v) is 14.8. The van der Waals surface area contributed by atoms with Gasteiger partial charge in [-0.1, -0.05) is 24.3 Å². The van der Waals surface area contributed by atoms with Crippen molar-refractivity contribution in [2.75, 3.05) is 11.9 Å². The van der Waals surface area contributed by atoms with Crippen molar-refractivity contribution in [1.82, 2.24) is 5.32 Å². The van der Waals surface area contributed by atoms with Crippen LogP contribution in [0, 0.1) is 10.1 Å². The Morgan fingerprint density at radius 1 is 1.15 bits per heavy atom. The van der Waals surface area contributed by atoms with E-state index in [1.165, 1.54) is 36.1 Å². The first kappa shape index (κ1) is 17.9. The van der Waals surface area contributed by atoms with Crippen LogP contribution in [0.5, 0.6) is 0 Å². The van der Waals surface area contributed by atoms with Crippen LogP contribution < -0.4 is 10.6 Å². The molecule has 0 radical (unpaired) electrons. The van der Waals surface area contributed by atoms with Gasteiger partial charge in [0.05, 0.1) is 17.5 Å². The fraction of sp³-hybridized carbons (Fsp3) is 0.350. The third-order valence-electron chi connectivity index (χ3n) is 4.76. The lowest BCUT2D eigenvalue weighted by Crippen LogP contribution is -2.32. The topological polar surface area (TPSA) is 84.3 Å². The fourth-order valence-corrected chi connectivity index (χ4v) is 3.31. The van der Waals surface area contributed by atoms with Crippen LogP contribution in [-0.2, 0) is 17.6 Å². The molecule has 1 amide bonds. The lowest BCUT2D eigenvalue weighted by molar-refractivity contribution is -0.384. The second kappa shape index (κ2) is 7.99. The van der Waals surface area contributed by atoms with E-state index in [2.05, 4.69) is 28.8 Å². The number of nitro groups is 1. The molecule has 0 fully saturated rings. The first-order valence-electron chi connectivity index (χ1n) is 8.92. The molecule has 0 saturated carbocycles. The van der Waals surface area contributed by atoms with Gasteiger partial charge < -0.3 is 10.6 Å². The van der Waals surface area contributed by atoms with E-state index in [1.54, 1.807) is 12.1 Å². The van der Waals surface area contributed by atoms with Crippen LogP contribution >= 0.6 is 0 Å². The number of hydrogen-bond acceptors (Lipinski definition) is 4. The van der Waals surface area contributed by atoms with E-state index in [1.807, 2.05) is 6.92 Å². The maximum absolute atomic E-state index is 12.2. The molecular formula is C20H23N3O3. The van der Waals surface area contributed by atoms with Crippen molar-refractivity contribution in [2.45, 2.75) is 38.6 Å². The Kier molecular flexibility index (Phi) is 5.51. The summed E-state index contributed by atoms with van der Waals surface area (Å²) in [5, 5.41) is 16.7. The van der Waals surface area contributed by atoms with Gasteiger partial charge in [-0.3, -0.25) is 14.9 Å². The molecule has 0 aromatic heterocycles. The molecule has 0 aliphatic heterocycles. The summed E-state index contributed by atoms with van der Waals surface area (Å²) in [7, 11) is 0. The molecule has 0 heterocycles. The van der Waals surface area contributed by atoms with Gasteiger partial charge in [-0.2, -0.15) is 0 Å². The van der Waals surface area contributed by atoms with Gasteiger partial charge in [0.15, 0.2) is 0 Å². The van der Waals surface area contributed by atoms with E-state index in [9.17, 15) is 14.9 Å². The highest BCUT2D eigenvalue weighted by Crippen LogP contribution is 2.24. The highest BCUT2D eigenvalue weighted by molar-refractivity contribution is 5.81. The number of carbonyl (C=O) groups is 1. The summed E-state index contributed by atoms with van der Waals surface area (Å²) < 4.78 is 0. The summed E-state index contributed by atoms with van der Waals surface area (Å²) in [6, 6.07) is 12.5. The number of nitrogens with one attached hydrogen (secondary N) is 2. The van der Waals surface area contributed by atoms with Crippen LogP contribution in [0.2, 0.25) is 0 Å². The third kappa shape index (κ3) is 4.39. The standard InChI is InChI=1S/C20H23N3O3/c1-14(16-10-9-15-5-2-3-6-17(15)11-16)22-20(24)13-21-18-7-4-8-19(12-18)23(25)26/h4,7-12,14,21H,2-3,5-6,13H2,1H3,(H,22,24). The average Bonchev–Trinajstić information content (AvgIpc) is 2.66. The maximum atomic E-state index is 12.2. The molecule has 1 unspecified atom stereocenters. The summed E-state index contributed by atoms with van der Waals surface area (Å²) in [5.74, 6) is -0.151. The molecule has 1 aliphatic carbocycles. The SMILES string of the molecule is CC(NC(=O)CNc1cccc([N+](=O)[O-])c1)c1ccc2c(c1)CCCC2. The molecule has 1 aliphatic rings. The summed E-state index contributed by atoms with van der Waals surface area (Å²) >= 11 is 0. The minimum absolute atomic E-state index is 0.00200. The van der Waals surface area contributed by atoms with E-state index in [-0.39, 0.29) is 24.2 Å². The number of nitro benzene ring substituents is 1. The number of fused-ring (bicyclic) bond motifs is 1. The van der Waals surface area contributed by atoms with Crippen molar-refractivity contribution < 1.29 is 9.72 Å². The van der Waals surface area contributed by atoms with Crippen molar-refractivity contribution in [1.29, 1.82) is 0 Å². The molecule has 2 N–H and O–H groups in total. The Bertz CT molecular complexity index is 820. The number of benzene rings is 2. The Hall–Kier alpha value is -2.89. The maximum Gasteiger partial charge on any atom is 0.271 e. The number of nitrogens with zero attached hydrogens (tertiary/aromatic N) is 1. The van der Waals surface area contributed by atoms with E-state index in [4.69, 9.17) is 0 Å². The minimum atomic E-state index is -0.455. The van der Waals surface area contributed by atoms with Crippen LogP contribution in [-0.4, -0.2) is 17.4 Å². The van der Waals surface area contributed by atoms with E-state index in [0.717, 1.165) is 18.4 Å². The number of hydrogen-bond donors (Lipinski definition) is 2. The summed E-state index contributed by atoms with van der Waals surface area (Å²) in [6.07, 6.45) is 4.73. The van der Waals surface area contributed by atoms with E-state index in [0.29, 0.717) is 5.69 Å². The molecule has 2 aromatic carbocycles. The normalized spacial score (nSPS) is 14.2. The summed E-state index contributed by atoms with van der Waals surface area (Å²) in [6.45, 7) is 2.03. The third-order valence-corrected chi connectivity index (χ3v) is 4.76. The monoisotopic (exact) mass is 353 g/mol. The lowest BCUT2D eigenvalue weighted by atomic mass is 9.89. The molecule has 6 nitrogen and oxygen atoms in total. The molecule has 1 atom stereocenters. The predicted molar refractivity (Wildman–Crippen MR) is 101 cm³/mol. The first-order chi connectivity index (χ1) is 12.5. The Balaban J connectivity index is 1.56. The molecule has 6 heteroatoms. The summed E-state index contributed by atoms with van der Waals surface area (Å²) in [4.78, 5) is 22.5. The second-order valence-electron chi connectivity index (χ2n) is 6.69. The highest BCUT2D eigenvalue weighted by atomic mass is 16.6. The Morgan fingerprint density at radius 3 is 2.69 bits per heavy atom. The number of rotatable bonds is 6.